The lowest BCUT2D eigenvalue weighted by atomic mass is 9.83. The number of halogens is 1. The molecule has 0 saturated heterocycles. The van der Waals surface area contributed by atoms with Crippen LogP contribution in [0.1, 0.15) is 23.1 Å². The van der Waals surface area contributed by atoms with Crippen LogP contribution >= 0.6 is 11.6 Å². The predicted octanol–water partition coefficient (Wildman–Crippen LogP) is 3.86. The second-order valence-electron chi connectivity index (χ2n) is 4.53. The minimum absolute atomic E-state index is 0.416. The van der Waals surface area contributed by atoms with Crippen LogP contribution < -0.4 is 0 Å². The van der Waals surface area contributed by atoms with E-state index in [0.717, 1.165) is 16.7 Å². The zero-order chi connectivity index (χ0) is 13.0. The molecule has 0 radical (unpaired) electrons. The van der Waals surface area contributed by atoms with E-state index in [9.17, 15) is 5.11 Å². The second-order valence-corrected chi connectivity index (χ2v) is 4.91. The van der Waals surface area contributed by atoms with Gasteiger partial charge in [0.1, 0.15) is 5.60 Å². The van der Waals surface area contributed by atoms with Gasteiger partial charge in [0.2, 0.25) is 0 Å². The number of hydrogen-bond acceptors (Lipinski definition) is 1. The van der Waals surface area contributed by atoms with Crippen LogP contribution in [0.15, 0.2) is 54.6 Å². The lowest BCUT2D eigenvalue weighted by molar-refractivity contribution is 0.0774. The molecular weight excluding hydrogens is 244 g/mol. The topological polar surface area (TPSA) is 20.2 Å². The lowest BCUT2D eigenvalue weighted by Crippen LogP contribution is -2.28. The molecule has 1 nitrogen and oxygen atoms in total. The van der Waals surface area contributed by atoms with Gasteiger partial charge in [-0.1, -0.05) is 60.2 Å². The van der Waals surface area contributed by atoms with Crippen molar-refractivity contribution in [3.8, 4) is 0 Å². The highest BCUT2D eigenvalue weighted by Gasteiger charge is 2.30. The number of benzene rings is 2. The van der Waals surface area contributed by atoms with Crippen LogP contribution in [0.3, 0.4) is 0 Å². The summed E-state index contributed by atoms with van der Waals surface area (Å²) in [5, 5.41) is 11.0. The van der Waals surface area contributed by atoms with Gasteiger partial charge >= 0.3 is 0 Å². The molecule has 1 N–H and O–H groups in total. The normalized spacial score (nSPS) is 14.2. The van der Waals surface area contributed by atoms with E-state index in [2.05, 4.69) is 0 Å². The predicted molar refractivity (Wildman–Crippen MR) is 76.0 cm³/mol. The minimum Gasteiger partial charge on any atom is -0.380 e. The first-order valence-corrected chi connectivity index (χ1v) is 6.61. The van der Waals surface area contributed by atoms with Gasteiger partial charge < -0.3 is 5.11 Å². The lowest BCUT2D eigenvalue weighted by Gasteiger charge is -2.29. The highest BCUT2D eigenvalue weighted by Crippen LogP contribution is 2.33. The van der Waals surface area contributed by atoms with Gasteiger partial charge in [0.05, 0.1) is 0 Å². The van der Waals surface area contributed by atoms with Gasteiger partial charge in [0.25, 0.3) is 0 Å². The molecule has 2 rings (SSSR count). The third-order valence-electron chi connectivity index (χ3n) is 3.20. The molecule has 0 aliphatic carbocycles. The molecule has 0 saturated carbocycles. The van der Waals surface area contributed by atoms with Crippen LogP contribution in [0.25, 0.3) is 0 Å². The molecule has 0 amide bonds. The number of hydrogen-bond donors (Lipinski definition) is 1. The first-order chi connectivity index (χ1) is 8.66. The largest absolute Gasteiger partial charge is 0.380 e. The van der Waals surface area contributed by atoms with Crippen molar-refractivity contribution < 1.29 is 5.11 Å². The maximum Gasteiger partial charge on any atom is 0.116 e. The SMILES string of the molecule is Cc1cccc(C(O)(CCCl)c2ccccc2)c1. The zero-order valence-electron chi connectivity index (χ0n) is 10.4. The molecule has 1 atom stereocenters. The van der Waals surface area contributed by atoms with E-state index < -0.39 is 5.60 Å². The van der Waals surface area contributed by atoms with Crippen molar-refractivity contribution in [3.63, 3.8) is 0 Å². The molecular formula is C16H17ClO. The van der Waals surface area contributed by atoms with Gasteiger partial charge in [-0.3, -0.25) is 0 Å². The Morgan fingerprint density at radius 1 is 1.00 bits per heavy atom. The molecule has 18 heavy (non-hydrogen) atoms. The maximum absolute atomic E-state index is 11.0. The van der Waals surface area contributed by atoms with Crippen LogP contribution in [0.5, 0.6) is 0 Å². The van der Waals surface area contributed by atoms with Crippen LogP contribution in [0, 0.1) is 6.92 Å². The third-order valence-corrected chi connectivity index (χ3v) is 3.39. The Labute approximate surface area is 113 Å². The van der Waals surface area contributed by atoms with Gasteiger partial charge in [-0.25, -0.2) is 0 Å². The van der Waals surface area contributed by atoms with Gasteiger partial charge in [0, 0.05) is 5.88 Å². The summed E-state index contributed by atoms with van der Waals surface area (Å²) in [5.41, 5.74) is 1.91. The van der Waals surface area contributed by atoms with E-state index in [1.165, 1.54) is 0 Å². The van der Waals surface area contributed by atoms with E-state index in [-0.39, 0.29) is 0 Å². The smallest absolute Gasteiger partial charge is 0.116 e. The molecule has 1 unspecified atom stereocenters. The van der Waals surface area contributed by atoms with Crippen molar-refractivity contribution in [2.45, 2.75) is 18.9 Å². The summed E-state index contributed by atoms with van der Waals surface area (Å²) in [6.07, 6.45) is 0.502. The maximum atomic E-state index is 11.0. The minimum atomic E-state index is -1.00. The summed E-state index contributed by atoms with van der Waals surface area (Å²) in [6, 6.07) is 17.6. The number of rotatable bonds is 4. The molecule has 94 valence electrons. The Hall–Kier alpha value is -1.31. The molecule has 0 aliphatic rings. The van der Waals surface area contributed by atoms with Crippen molar-refractivity contribution in [2.24, 2.45) is 0 Å². The van der Waals surface area contributed by atoms with Gasteiger partial charge in [-0.05, 0) is 24.5 Å². The molecule has 0 aromatic heterocycles. The van der Waals surface area contributed by atoms with Crippen LogP contribution in [0.2, 0.25) is 0 Å². The third kappa shape index (κ3) is 2.58. The molecule has 0 fully saturated rings. The number of aliphatic hydroxyl groups is 1. The van der Waals surface area contributed by atoms with Crippen LogP contribution in [-0.4, -0.2) is 11.0 Å². The zero-order valence-corrected chi connectivity index (χ0v) is 11.2. The Balaban J connectivity index is 2.50. The average Bonchev–Trinajstić information content (AvgIpc) is 2.40. The van der Waals surface area contributed by atoms with Gasteiger partial charge in [-0.15, -0.1) is 11.6 Å². The summed E-state index contributed by atoms with van der Waals surface area (Å²) in [5.74, 6) is 0.416. The summed E-state index contributed by atoms with van der Waals surface area (Å²) < 4.78 is 0. The second kappa shape index (κ2) is 5.55. The van der Waals surface area contributed by atoms with E-state index in [1.54, 1.807) is 0 Å². The van der Waals surface area contributed by atoms with Gasteiger partial charge in [-0.2, -0.15) is 0 Å². The quantitative estimate of drug-likeness (QED) is 0.828. The Morgan fingerprint density at radius 3 is 2.28 bits per heavy atom. The van der Waals surface area contributed by atoms with Crippen LogP contribution in [-0.2, 0) is 5.60 Å². The molecule has 2 aromatic rings. The highest BCUT2D eigenvalue weighted by molar-refractivity contribution is 6.17. The fraction of sp³-hybridized carbons (Fsp3) is 0.250. The molecule has 0 aliphatic heterocycles. The van der Waals surface area contributed by atoms with Crippen molar-refractivity contribution >= 4 is 11.6 Å². The molecule has 2 aromatic carbocycles. The molecule has 2 heteroatoms. The molecule has 0 bridgehead atoms. The van der Waals surface area contributed by atoms with E-state index in [0.29, 0.717) is 12.3 Å². The van der Waals surface area contributed by atoms with Crippen molar-refractivity contribution in [1.29, 1.82) is 0 Å². The first-order valence-electron chi connectivity index (χ1n) is 6.08. The Kier molecular flexibility index (Phi) is 4.05. The standard InChI is InChI=1S/C16H17ClO/c1-13-6-5-9-15(12-13)16(18,10-11-17)14-7-3-2-4-8-14/h2-9,12,18H,10-11H2,1H3. The van der Waals surface area contributed by atoms with Crippen molar-refractivity contribution in [2.75, 3.05) is 5.88 Å². The average molecular weight is 261 g/mol. The Bertz CT molecular complexity index is 510. The number of alkyl halides is 1. The fourth-order valence-electron chi connectivity index (χ4n) is 2.21. The molecule has 0 spiro atoms. The van der Waals surface area contributed by atoms with Gasteiger partial charge in [0.15, 0.2) is 0 Å². The molecule has 0 heterocycles. The summed E-state index contributed by atoms with van der Waals surface area (Å²) in [4.78, 5) is 0. The van der Waals surface area contributed by atoms with Crippen molar-refractivity contribution in [1.82, 2.24) is 0 Å². The Morgan fingerprint density at radius 2 is 1.67 bits per heavy atom. The monoisotopic (exact) mass is 260 g/mol. The van der Waals surface area contributed by atoms with Crippen molar-refractivity contribution in [3.05, 3.63) is 71.3 Å². The highest BCUT2D eigenvalue weighted by atomic mass is 35.5. The number of aryl methyl sites for hydroxylation is 1. The van der Waals surface area contributed by atoms with E-state index in [4.69, 9.17) is 11.6 Å². The summed E-state index contributed by atoms with van der Waals surface area (Å²) in [7, 11) is 0. The fourth-order valence-corrected chi connectivity index (χ4v) is 2.48. The van der Waals surface area contributed by atoms with Crippen LogP contribution in [0.4, 0.5) is 0 Å². The summed E-state index contributed by atoms with van der Waals surface area (Å²) in [6.45, 7) is 2.02. The summed E-state index contributed by atoms with van der Waals surface area (Å²) >= 11 is 5.87. The first kappa shape index (κ1) is 13.1. The van der Waals surface area contributed by atoms with E-state index in [1.807, 2.05) is 61.5 Å². The van der Waals surface area contributed by atoms with E-state index >= 15 is 0 Å².